The van der Waals surface area contributed by atoms with Gasteiger partial charge in [0.15, 0.2) is 17.3 Å². The molecule has 0 aromatic heterocycles. The van der Waals surface area contributed by atoms with Gasteiger partial charge in [-0.25, -0.2) is 4.39 Å². The van der Waals surface area contributed by atoms with E-state index >= 15 is 0 Å². The van der Waals surface area contributed by atoms with E-state index in [1.807, 2.05) is 0 Å². The number of rotatable bonds is 4. The van der Waals surface area contributed by atoms with E-state index in [2.05, 4.69) is 10.5 Å². The molecule has 0 radical (unpaired) electrons. The van der Waals surface area contributed by atoms with Gasteiger partial charge in [-0.05, 0) is 18.2 Å². The fraction of sp³-hybridized carbons (Fsp3) is 0.182. The average Bonchev–Trinajstić information content (AvgIpc) is 2.16. The third kappa shape index (κ3) is 3.27. The van der Waals surface area contributed by atoms with E-state index in [0.717, 1.165) is 0 Å². The fourth-order valence-corrected chi connectivity index (χ4v) is 1.08. The lowest BCUT2D eigenvalue weighted by molar-refractivity contribution is -0.114. The molecule has 0 saturated carbocycles. The molecule has 0 saturated heterocycles. The highest BCUT2D eigenvalue weighted by Crippen LogP contribution is 2.08. The molecule has 0 aliphatic carbocycles. The van der Waals surface area contributed by atoms with Crippen LogP contribution in [0.25, 0.3) is 0 Å². The van der Waals surface area contributed by atoms with Crippen molar-refractivity contribution in [2.75, 3.05) is 5.43 Å². The SMILES string of the molecule is CC(=O)C(=NNc1cccc(F)c1)C(C)=O. The van der Waals surface area contributed by atoms with Gasteiger partial charge in [0, 0.05) is 13.8 Å². The summed E-state index contributed by atoms with van der Waals surface area (Å²) in [7, 11) is 0. The maximum atomic E-state index is 12.8. The van der Waals surface area contributed by atoms with E-state index in [0.29, 0.717) is 5.69 Å². The van der Waals surface area contributed by atoms with Crippen LogP contribution < -0.4 is 5.43 Å². The second-order valence-electron chi connectivity index (χ2n) is 3.19. The Balaban J connectivity index is 2.85. The zero-order valence-electron chi connectivity index (χ0n) is 8.95. The molecular weight excluding hydrogens is 211 g/mol. The minimum Gasteiger partial charge on any atom is -0.293 e. The Hall–Kier alpha value is -2.04. The molecule has 1 aromatic carbocycles. The van der Waals surface area contributed by atoms with E-state index in [1.165, 1.54) is 32.0 Å². The number of carbonyl (C=O) groups is 2. The normalized spacial score (nSPS) is 9.44. The number of carbonyl (C=O) groups excluding carboxylic acids is 2. The number of hydrogen-bond acceptors (Lipinski definition) is 4. The summed E-state index contributed by atoms with van der Waals surface area (Å²) in [6.45, 7) is 2.49. The Morgan fingerprint density at radius 1 is 1.25 bits per heavy atom. The first-order chi connectivity index (χ1) is 7.50. The maximum Gasteiger partial charge on any atom is 0.183 e. The molecule has 0 fully saturated rings. The van der Waals surface area contributed by atoms with Crippen molar-refractivity contribution in [1.82, 2.24) is 0 Å². The molecule has 1 N–H and O–H groups in total. The molecule has 84 valence electrons. The number of halogens is 1. The van der Waals surface area contributed by atoms with Crippen molar-refractivity contribution in [2.45, 2.75) is 13.8 Å². The summed E-state index contributed by atoms with van der Waals surface area (Å²) in [5.74, 6) is -1.29. The molecule has 0 heterocycles. The molecule has 1 aromatic rings. The topological polar surface area (TPSA) is 58.5 Å². The van der Waals surface area contributed by atoms with Gasteiger partial charge in [-0.15, -0.1) is 0 Å². The quantitative estimate of drug-likeness (QED) is 0.480. The molecule has 16 heavy (non-hydrogen) atoms. The number of ketones is 2. The van der Waals surface area contributed by atoms with Crippen molar-refractivity contribution in [1.29, 1.82) is 0 Å². The molecule has 0 aliphatic heterocycles. The van der Waals surface area contributed by atoms with Crippen LogP contribution >= 0.6 is 0 Å². The van der Waals surface area contributed by atoms with Crippen molar-refractivity contribution in [2.24, 2.45) is 5.10 Å². The molecule has 0 amide bonds. The minimum absolute atomic E-state index is 0.190. The van der Waals surface area contributed by atoms with Crippen LogP contribution in [0.4, 0.5) is 10.1 Å². The standard InChI is InChI=1S/C11H11FN2O2/c1-7(15)11(8(2)16)14-13-10-5-3-4-9(12)6-10/h3-6,13H,1-2H3. The summed E-state index contributed by atoms with van der Waals surface area (Å²) >= 11 is 0. The Bertz CT molecular complexity index is 439. The van der Waals surface area contributed by atoms with Gasteiger partial charge in [-0.1, -0.05) is 6.07 Å². The Morgan fingerprint density at radius 3 is 2.38 bits per heavy atom. The first-order valence-corrected chi connectivity index (χ1v) is 4.62. The summed E-state index contributed by atoms with van der Waals surface area (Å²) in [6.07, 6.45) is 0. The zero-order chi connectivity index (χ0) is 12.1. The summed E-state index contributed by atoms with van der Waals surface area (Å²) in [5.41, 5.74) is 2.64. The number of nitrogens with zero attached hydrogens (tertiary/aromatic N) is 1. The van der Waals surface area contributed by atoms with Gasteiger partial charge in [0.1, 0.15) is 5.82 Å². The highest BCUT2D eigenvalue weighted by molar-refractivity contribution is 6.65. The van der Waals surface area contributed by atoms with Gasteiger partial charge in [0.25, 0.3) is 0 Å². The lowest BCUT2D eigenvalue weighted by Crippen LogP contribution is -2.20. The highest BCUT2D eigenvalue weighted by atomic mass is 19.1. The van der Waals surface area contributed by atoms with Crippen LogP contribution in [0.5, 0.6) is 0 Å². The Morgan fingerprint density at radius 2 is 1.88 bits per heavy atom. The maximum absolute atomic E-state index is 12.8. The van der Waals surface area contributed by atoms with E-state index in [1.54, 1.807) is 6.07 Å². The van der Waals surface area contributed by atoms with E-state index in [-0.39, 0.29) is 5.71 Å². The highest BCUT2D eigenvalue weighted by Gasteiger charge is 2.11. The van der Waals surface area contributed by atoms with Gasteiger partial charge in [-0.3, -0.25) is 15.0 Å². The van der Waals surface area contributed by atoms with Crippen molar-refractivity contribution in [3.05, 3.63) is 30.1 Å². The first kappa shape index (κ1) is 12.0. The minimum atomic E-state index is -0.434. The summed E-state index contributed by atoms with van der Waals surface area (Å²) in [4.78, 5) is 22.0. The molecule has 4 nitrogen and oxygen atoms in total. The average molecular weight is 222 g/mol. The second-order valence-corrected chi connectivity index (χ2v) is 3.19. The monoisotopic (exact) mass is 222 g/mol. The van der Waals surface area contributed by atoms with Crippen molar-refractivity contribution in [3.8, 4) is 0 Å². The van der Waals surface area contributed by atoms with Crippen LogP contribution in [0.1, 0.15) is 13.8 Å². The van der Waals surface area contributed by atoms with Gasteiger partial charge in [-0.2, -0.15) is 5.10 Å². The summed E-state index contributed by atoms with van der Waals surface area (Å²) in [6, 6.07) is 5.56. The van der Waals surface area contributed by atoms with E-state index in [4.69, 9.17) is 0 Å². The van der Waals surface area contributed by atoms with Crippen LogP contribution in [0.3, 0.4) is 0 Å². The predicted molar refractivity (Wildman–Crippen MR) is 58.8 cm³/mol. The molecule has 0 spiro atoms. The Labute approximate surface area is 92.2 Å². The van der Waals surface area contributed by atoms with Crippen LogP contribution in [0.15, 0.2) is 29.4 Å². The molecular formula is C11H11FN2O2. The second kappa shape index (κ2) is 5.16. The Kier molecular flexibility index (Phi) is 3.88. The van der Waals surface area contributed by atoms with Crippen molar-refractivity contribution in [3.63, 3.8) is 0 Å². The molecule has 0 aliphatic rings. The smallest absolute Gasteiger partial charge is 0.183 e. The van der Waals surface area contributed by atoms with E-state index in [9.17, 15) is 14.0 Å². The van der Waals surface area contributed by atoms with Gasteiger partial charge >= 0.3 is 0 Å². The predicted octanol–water partition coefficient (Wildman–Crippen LogP) is 1.77. The fourth-order valence-electron chi connectivity index (χ4n) is 1.08. The molecule has 0 unspecified atom stereocenters. The third-order valence-corrected chi connectivity index (χ3v) is 1.79. The van der Waals surface area contributed by atoms with Crippen LogP contribution in [-0.4, -0.2) is 17.3 Å². The number of nitrogens with one attached hydrogen (secondary N) is 1. The lowest BCUT2D eigenvalue weighted by Gasteiger charge is -2.01. The summed E-state index contributed by atoms with van der Waals surface area (Å²) < 4.78 is 12.8. The van der Waals surface area contributed by atoms with Crippen LogP contribution in [-0.2, 0) is 9.59 Å². The molecule has 1 rings (SSSR count). The van der Waals surface area contributed by atoms with E-state index < -0.39 is 17.4 Å². The molecule has 0 bridgehead atoms. The van der Waals surface area contributed by atoms with Crippen LogP contribution in [0.2, 0.25) is 0 Å². The third-order valence-electron chi connectivity index (χ3n) is 1.79. The number of benzene rings is 1. The summed E-state index contributed by atoms with van der Waals surface area (Å²) in [5, 5.41) is 3.64. The van der Waals surface area contributed by atoms with Crippen LogP contribution in [0, 0.1) is 5.82 Å². The van der Waals surface area contributed by atoms with Gasteiger partial charge < -0.3 is 0 Å². The lowest BCUT2D eigenvalue weighted by atomic mass is 10.2. The van der Waals surface area contributed by atoms with Crippen molar-refractivity contribution >= 4 is 23.0 Å². The largest absolute Gasteiger partial charge is 0.293 e. The van der Waals surface area contributed by atoms with Crippen molar-refractivity contribution < 1.29 is 14.0 Å². The number of anilines is 1. The van der Waals surface area contributed by atoms with Gasteiger partial charge in [0.05, 0.1) is 5.69 Å². The number of Topliss-reactive ketones (excluding diaryl/α,β-unsaturated/α-hetero) is 2. The molecule has 0 atom stereocenters. The number of hydrazone groups is 1. The molecule has 5 heteroatoms. The first-order valence-electron chi connectivity index (χ1n) is 4.62. The van der Waals surface area contributed by atoms with Gasteiger partial charge in [0.2, 0.25) is 0 Å². The zero-order valence-corrected chi connectivity index (χ0v) is 8.95. The number of hydrogen-bond donors (Lipinski definition) is 1.